The fourth-order valence-corrected chi connectivity index (χ4v) is 1.82. The van der Waals surface area contributed by atoms with Crippen LogP contribution in [0.1, 0.15) is 0 Å². The molecule has 0 spiro atoms. The summed E-state index contributed by atoms with van der Waals surface area (Å²) in [6, 6.07) is 12.1. The number of nitrogens with zero attached hydrogens (tertiary/aromatic N) is 2. The van der Waals surface area contributed by atoms with Gasteiger partial charge >= 0.3 is 0 Å². The minimum atomic E-state index is 0.630. The number of fused-ring (bicyclic) bond motifs is 1. The molecule has 0 amide bonds. The van der Waals surface area contributed by atoms with E-state index in [1.807, 2.05) is 29.1 Å². The Morgan fingerprint density at radius 3 is 2.88 bits per heavy atom. The molecule has 3 aromatic rings. The second kappa shape index (κ2) is 3.83. The van der Waals surface area contributed by atoms with Gasteiger partial charge in [0.2, 0.25) is 0 Å². The van der Waals surface area contributed by atoms with Gasteiger partial charge < -0.3 is 5.73 Å². The molecule has 0 aliphatic heterocycles. The second-order valence-electron chi connectivity index (χ2n) is 3.82. The maximum Gasteiger partial charge on any atom is 0.0806 e. The van der Waals surface area contributed by atoms with Crippen molar-refractivity contribution in [1.82, 2.24) is 9.66 Å². The van der Waals surface area contributed by atoms with Crippen LogP contribution in [-0.4, -0.2) is 9.66 Å². The Morgan fingerprint density at radius 1 is 1.12 bits per heavy atom. The standard InChI is InChI=1S/C13H12N4/c14-11-9-15-7-5-12(11)16-17-8-6-10-3-1-2-4-13(10)17/h1-9H,14H2,(H,15,16). The highest BCUT2D eigenvalue weighted by molar-refractivity contribution is 5.81. The van der Waals surface area contributed by atoms with Crippen molar-refractivity contribution in [2.75, 3.05) is 11.2 Å². The highest BCUT2D eigenvalue weighted by Crippen LogP contribution is 2.19. The molecule has 0 aliphatic rings. The predicted octanol–water partition coefficient (Wildman–Crippen LogP) is 2.49. The molecule has 0 bridgehead atoms. The van der Waals surface area contributed by atoms with Crippen LogP contribution in [0.5, 0.6) is 0 Å². The van der Waals surface area contributed by atoms with Crippen LogP contribution in [0.15, 0.2) is 55.0 Å². The quantitative estimate of drug-likeness (QED) is 0.703. The number of nitrogen functional groups attached to an aromatic ring is 1. The van der Waals surface area contributed by atoms with Crippen molar-refractivity contribution in [3.05, 3.63) is 55.0 Å². The van der Waals surface area contributed by atoms with Crippen LogP contribution in [0.2, 0.25) is 0 Å². The number of pyridine rings is 1. The molecule has 0 unspecified atom stereocenters. The fourth-order valence-electron chi connectivity index (χ4n) is 1.82. The summed E-state index contributed by atoms with van der Waals surface area (Å²) < 4.78 is 1.95. The first-order valence-corrected chi connectivity index (χ1v) is 5.37. The van der Waals surface area contributed by atoms with Crippen molar-refractivity contribution in [1.29, 1.82) is 0 Å². The first-order valence-electron chi connectivity index (χ1n) is 5.37. The van der Waals surface area contributed by atoms with E-state index in [1.54, 1.807) is 12.4 Å². The molecular weight excluding hydrogens is 212 g/mol. The number of aromatic nitrogens is 2. The number of anilines is 2. The zero-order valence-electron chi connectivity index (χ0n) is 9.17. The van der Waals surface area contributed by atoms with Crippen molar-refractivity contribution >= 4 is 22.3 Å². The zero-order chi connectivity index (χ0) is 11.7. The second-order valence-corrected chi connectivity index (χ2v) is 3.82. The molecule has 3 rings (SSSR count). The molecule has 3 N–H and O–H groups in total. The molecule has 17 heavy (non-hydrogen) atoms. The Balaban J connectivity index is 2.03. The van der Waals surface area contributed by atoms with Gasteiger partial charge in [-0.3, -0.25) is 15.1 Å². The van der Waals surface area contributed by atoms with E-state index in [-0.39, 0.29) is 0 Å². The van der Waals surface area contributed by atoms with Crippen LogP contribution in [0.25, 0.3) is 10.9 Å². The van der Waals surface area contributed by atoms with Crippen LogP contribution in [0.4, 0.5) is 11.4 Å². The van der Waals surface area contributed by atoms with E-state index >= 15 is 0 Å². The number of hydrogen-bond donors (Lipinski definition) is 2. The van der Waals surface area contributed by atoms with E-state index < -0.39 is 0 Å². The molecule has 2 heterocycles. The SMILES string of the molecule is Nc1cnccc1Nn1ccc2ccccc21. The Morgan fingerprint density at radius 2 is 2.00 bits per heavy atom. The molecule has 4 nitrogen and oxygen atoms in total. The Bertz CT molecular complexity index is 657. The topological polar surface area (TPSA) is 55.9 Å². The maximum atomic E-state index is 5.84. The molecule has 0 fully saturated rings. The first kappa shape index (κ1) is 9.72. The lowest BCUT2D eigenvalue weighted by atomic mass is 10.3. The lowest BCUT2D eigenvalue weighted by Crippen LogP contribution is -2.09. The molecule has 0 saturated heterocycles. The average Bonchev–Trinajstić information content (AvgIpc) is 2.76. The summed E-state index contributed by atoms with van der Waals surface area (Å²) in [5.74, 6) is 0. The third-order valence-corrected chi connectivity index (χ3v) is 2.69. The molecule has 0 aliphatic carbocycles. The van der Waals surface area contributed by atoms with Crippen molar-refractivity contribution in [3.63, 3.8) is 0 Å². The first-order chi connectivity index (χ1) is 8.34. The van der Waals surface area contributed by atoms with Gasteiger partial charge in [0.15, 0.2) is 0 Å². The summed E-state index contributed by atoms with van der Waals surface area (Å²) in [5.41, 5.74) is 11.7. The van der Waals surface area contributed by atoms with E-state index in [0.29, 0.717) is 5.69 Å². The molecule has 4 heteroatoms. The smallest absolute Gasteiger partial charge is 0.0806 e. The fraction of sp³-hybridized carbons (Fsp3) is 0. The average molecular weight is 224 g/mol. The van der Waals surface area contributed by atoms with Gasteiger partial charge in [0.1, 0.15) is 0 Å². The Kier molecular flexibility index (Phi) is 2.19. The monoisotopic (exact) mass is 224 g/mol. The maximum absolute atomic E-state index is 5.84. The van der Waals surface area contributed by atoms with Crippen molar-refractivity contribution in [3.8, 4) is 0 Å². The van der Waals surface area contributed by atoms with E-state index in [9.17, 15) is 0 Å². The third-order valence-electron chi connectivity index (χ3n) is 2.69. The van der Waals surface area contributed by atoms with Gasteiger partial charge in [0, 0.05) is 17.8 Å². The summed E-state index contributed by atoms with van der Waals surface area (Å²) in [5, 5.41) is 1.19. The molecule has 0 radical (unpaired) electrons. The summed E-state index contributed by atoms with van der Waals surface area (Å²) in [6.07, 6.45) is 5.32. The van der Waals surface area contributed by atoms with E-state index in [2.05, 4.69) is 28.6 Å². The predicted molar refractivity (Wildman–Crippen MR) is 69.6 cm³/mol. The minimum Gasteiger partial charge on any atom is -0.396 e. The molecule has 0 saturated carbocycles. The van der Waals surface area contributed by atoms with Gasteiger partial charge in [-0.2, -0.15) is 0 Å². The minimum absolute atomic E-state index is 0.630. The van der Waals surface area contributed by atoms with E-state index in [4.69, 9.17) is 5.73 Å². The van der Waals surface area contributed by atoms with E-state index in [0.717, 1.165) is 11.2 Å². The largest absolute Gasteiger partial charge is 0.396 e. The number of rotatable bonds is 2. The van der Waals surface area contributed by atoms with Gasteiger partial charge in [-0.15, -0.1) is 0 Å². The highest BCUT2D eigenvalue weighted by atomic mass is 15.4. The van der Waals surface area contributed by atoms with Crippen molar-refractivity contribution < 1.29 is 0 Å². The van der Waals surface area contributed by atoms with Crippen molar-refractivity contribution in [2.45, 2.75) is 0 Å². The molecule has 1 aromatic carbocycles. The highest BCUT2D eigenvalue weighted by Gasteiger charge is 2.01. The Hall–Kier alpha value is -2.49. The van der Waals surface area contributed by atoms with Crippen LogP contribution >= 0.6 is 0 Å². The summed E-state index contributed by atoms with van der Waals surface area (Å²) >= 11 is 0. The number of nitrogens with two attached hydrogens (primary N) is 1. The lowest BCUT2D eigenvalue weighted by molar-refractivity contribution is 1.01. The van der Waals surface area contributed by atoms with Gasteiger partial charge in [-0.05, 0) is 18.2 Å². The van der Waals surface area contributed by atoms with Gasteiger partial charge in [0.05, 0.1) is 23.1 Å². The summed E-state index contributed by atoms with van der Waals surface area (Å²) in [4.78, 5) is 3.96. The molecule has 0 atom stereocenters. The van der Waals surface area contributed by atoms with Crippen LogP contribution in [0, 0.1) is 0 Å². The van der Waals surface area contributed by atoms with Crippen LogP contribution < -0.4 is 11.2 Å². The summed E-state index contributed by atoms with van der Waals surface area (Å²) in [7, 11) is 0. The van der Waals surface area contributed by atoms with Crippen molar-refractivity contribution in [2.24, 2.45) is 0 Å². The number of nitrogens with one attached hydrogen (secondary N) is 1. The Labute approximate surface area is 98.7 Å². The van der Waals surface area contributed by atoms with Gasteiger partial charge in [0.25, 0.3) is 0 Å². The lowest BCUT2D eigenvalue weighted by Gasteiger charge is -2.10. The zero-order valence-corrected chi connectivity index (χ0v) is 9.17. The number of benzene rings is 1. The molecule has 2 aromatic heterocycles. The van der Waals surface area contributed by atoms with Gasteiger partial charge in [-0.25, -0.2) is 0 Å². The summed E-state index contributed by atoms with van der Waals surface area (Å²) in [6.45, 7) is 0. The van der Waals surface area contributed by atoms with E-state index in [1.165, 1.54) is 5.39 Å². The molecular formula is C13H12N4. The van der Waals surface area contributed by atoms with Crippen LogP contribution in [-0.2, 0) is 0 Å². The number of hydrogen-bond acceptors (Lipinski definition) is 3. The van der Waals surface area contributed by atoms with Gasteiger partial charge in [-0.1, -0.05) is 18.2 Å². The molecule has 84 valence electrons. The normalized spacial score (nSPS) is 10.6. The van der Waals surface area contributed by atoms with Crippen LogP contribution in [0.3, 0.4) is 0 Å². The number of para-hydroxylation sites is 1. The third kappa shape index (κ3) is 1.69.